The lowest BCUT2D eigenvalue weighted by molar-refractivity contribution is 0.785. The maximum absolute atomic E-state index is 8.47. The third-order valence-corrected chi connectivity index (χ3v) is 3.23. The van der Waals surface area contributed by atoms with E-state index < -0.39 is 0 Å². The van der Waals surface area contributed by atoms with Crippen LogP contribution in [0.3, 0.4) is 0 Å². The lowest BCUT2D eigenvalue weighted by atomic mass is 10.2. The van der Waals surface area contributed by atoms with Crippen molar-refractivity contribution in [2.24, 2.45) is 0 Å². The normalized spacial score (nSPS) is 10.2. The maximum Gasteiger partial charge on any atom is 0.0723 e. The first-order valence-electron chi connectivity index (χ1n) is 5.96. The lowest BCUT2D eigenvalue weighted by Gasteiger charge is -2.09. The van der Waals surface area contributed by atoms with E-state index in [0.717, 1.165) is 40.4 Å². The van der Waals surface area contributed by atoms with E-state index >= 15 is 0 Å². The number of hydrogen-bond donors (Lipinski definition) is 1. The van der Waals surface area contributed by atoms with Gasteiger partial charge in [0, 0.05) is 34.7 Å². The highest BCUT2D eigenvalue weighted by molar-refractivity contribution is 9.10. The number of nitrogens with zero attached hydrogens (tertiary/aromatic N) is 2. The molecule has 0 spiro atoms. The molecule has 92 valence electrons. The number of fused-ring (bicyclic) bond motifs is 1. The van der Waals surface area contributed by atoms with Gasteiger partial charge in [0.25, 0.3) is 0 Å². The number of pyridine rings is 1. The molecule has 0 amide bonds. The summed E-state index contributed by atoms with van der Waals surface area (Å²) in [6.45, 7) is 0.882. The van der Waals surface area contributed by atoms with Gasteiger partial charge in [-0.15, -0.1) is 0 Å². The summed E-state index contributed by atoms with van der Waals surface area (Å²) in [5.41, 5.74) is 2.08. The molecule has 0 unspecified atom stereocenters. The molecular weight excluding hydrogens is 290 g/mol. The van der Waals surface area contributed by atoms with Gasteiger partial charge in [-0.3, -0.25) is 4.98 Å². The fourth-order valence-electron chi connectivity index (χ4n) is 1.82. The molecule has 2 aromatic rings. The predicted octanol–water partition coefficient (Wildman–Crippen LogP) is 4.10. The van der Waals surface area contributed by atoms with Gasteiger partial charge >= 0.3 is 0 Å². The fourth-order valence-corrected chi connectivity index (χ4v) is 2.19. The third-order valence-electron chi connectivity index (χ3n) is 2.73. The smallest absolute Gasteiger partial charge is 0.0723 e. The van der Waals surface area contributed by atoms with Crippen molar-refractivity contribution in [2.45, 2.75) is 19.3 Å². The number of benzene rings is 1. The highest BCUT2D eigenvalue weighted by atomic mass is 79.9. The summed E-state index contributed by atoms with van der Waals surface area (Å²) in [5.74, 6) is 0. The zero-order valence-electron chi connectivity index (χ0n) is 9.99. The van der Waals surface area contributed by atoms with Gasteiger partial charge in [0.15, 0.2) is 0 Å². The van der Waals surface area contributed by atoms with Gasteiger partial charge in [-0.05, 0) is 37.1 Å². The summed E-state index contributed by atoms with van der Waals surface area (Å²) in [6.07, 6.45) is 4.39. The number of nitrogens with one attached hydrogen (secondary N) is 1. The molecule has 0 radical (unpaired) electrons. The molecule has 18 heavy (non-hydrogen) atoms. The molecule has 1 heterocycles. The van der Waals surface area contributed by atoms with Gasteiger partial charge < -0.3 is 5.32 Å². The van der Waals surface area contributed by atoms with Crippen LogP contribution in [0, 0.1) is 11.3 Å². The molecule has 4 heteroatoms. The summed E-state index contributed by atoms with van der Waals surface area (Å²) in [4.78, 5) is 4.34. The molecule has 0 bridgehead atoms. The van der Waals surface area contributed by atoms with E-state index in [0.29, 0.717) is 6.42 Å². The van der Waals surface area contributed by atoms with Gasteiger partial charge in [-0.2, -0.15) is 5.26 Å². The Morgan fingerprint density at radius 2 is 2.17 bits per heavy atom. The van der Waals surface area contributed by atoms with Gasteiger partial charge in [0.1, 0.15) is 0 Å². The highest BCUT2D eigenvalue weighted by Gasteiger charge is 2.01. The quantitative estimate of drug-likeness (QED) is 0.846. The number of rotatable bonds is 5. The third kappa shape index (κ3) is 3.21. The molecule has 0 fully saturated rings. The standard InChI is InChI=1S/C14H14BrN3/c15-11-4-5-13-12(10-11)14(6-9-18-13)17-8-3-1-2-7-16/h4-6,9-10H,1-3,8H2,(H,17,18). The Bertz CT molecular complexity index is 575. The number of nitriles is 1. The molecule has 1 aromatic carbocycles. The molecule has 0 saturated carbocycles. The Labute approximate surface area is 115 Å². The van der Waals surface area contributed by atoms with Crippen LogP contribution in [-0.2, 0) is 0 Å². The number of halogens is 1. The summed E-state index contributed by atoms with van der Waals surface area (Å²) in [7, 11) is 0. The molecule has 2 rings (SSSR count). The first kappa shape index (κ1) is 12.8. The maximum atomic E-state index is 8.47. The van der Waals surface area contributed by atoms with E-state index in [1.165, 1.54) is 0 Å². The van der Waals surface area contributed by atoms with Gasteiger partial charge in [-0.1, -0.05) is 15.9 Å². The predicted molar refractivity (Wildman–Crippen MR) is 77.4 cm³/mol. The summed E-state index contributed by atoms with van der Waals surface area (Å²) in [5, 5.41) is 13.0. The zero-order chi connectivity index (χ0) is 12.8. The Morgan fingerprint density at radius 1 is 1.28 bits per heavy atom. The van der Waals surface area contributed by atoms with Crippen LogP contribution >= 0.6 is 15.9 Å². The molecule has 1 N–H and O–H groups in total. The number of aromatic nitrogens is 1. The molecule has 1 aromatic heterocycles. The Morgan fingerprint density at radius 3 is 3.00 bits per heavy atom. The van der Waals surface area contributed by atoms with Crippen LogP contribution in [0.5, 0.6) is 0 Å². The van der Waals surface area contributed by atoms with Crippen LogP contribution in [-0.4, -0.2) is 11.5 Å². The highest BCUT2D eigenvalue weighted by Crippen LogP contribution is 2.24. The fraction of sp³-hybridized carbons (Fsp3) is 0.286. The second-order valence-corrected chi connectivity index (χ2v) is 4.98. The second kappa shape index (κ2) is 6.36. The van der Waals surface area contributed by atoms with Crippen molar-refractivity contribution < 1.29 is 0 Å². The molecule has 0 saturated heterocycles. The Balaban J connectivity index is 2.08. The Kier molecular flexibility index (Phi) is 4.54. The summed E-state index contributed by atoms with van der Waals surface area (Å²) >= 11 is 3.48. The van der Waals surface area contributed by atoms with Crippen molar-refractivity contribution in [1.82, 2.24) is 4.98 Å². The Hall–Kier alpha value is -1.60. The van der Waals surface area contributed by atoms with Crippen molar-refractivity contribution in [1.29, 1.82) is 5.26 Å². The first-order chi connectivity index (χ1) is 8.81. The molecule has 0 aliphatic rings. The van der Waals surface area contributed by atoms with Crippen molar-refractivity contribution >= 4 is 32.5 Å². The van der Waals surface area contributed by atoms with Gasteiger partial charge in [-0.25, -0.2) is 0 Å². The lowest BCUT2D eigenvalue weighted by Crippen LogP contribution is -2.02. The topological polar surface area (TPSA) is 48.7 Å². The minimum atomic E-state index is 0.629. The number of hydrogen-bond acceptors (Lipinski definition) is 3. The van der Waals surface area contributed by atoms with Crippen LogP contribution < -0.4 is 5.32 Å². The van der Waals surface area contributed by atoms with E-state index in [9.17, 15) is 0 Å². The van der Waals surface area contributed by atoms with Gasteiger partial charge in [0.2, 0.25) is 0 Å². The summed E-state index contributed by atoms with van der Waals surface area (Å²) in [6, 6.07) is 10.2. The molecule has 0 atom stereocenters. The van der Waals surface area contributed by atoms with Crippen LogP contribution in [0.1, 0.15) is 19.3 Å². The van der Waals surface area contributed by atoms with Crippen molar-refractivity contribution in [2.75, 3.05) is 11.9 Å². The van der Waals surface area contributed by atoms with Crippen LogP contribution in [0.4, 0.5) is 5.69 Å². The van der Waals surface area contributed by atoms with Crippen molar-refractivity contribution in [3.05, 3.63) is 34.9 Å². The monoisotopic (exact) mass is 303 g/mol. The average Bonchev–Trinajstić information content (AvgIpc) is 2.39. The zero-order valence-corrected chi connectivity index (χ0v) is 11.6. The minimum absolute atomic E-state index is 0.629. The molecule has 3 nitrogen and oxygen atoms in total. The van der Waals surface area contributed by atoms with Crippen LogP contribution in [0.2, 0.25) is 0 Å². The van der Waals surface area contributed by atoms with Crippen molar-refractivity contribution in [3.8, 4) is 6.07 Å². The van der Waals surface area contributed by atoms with Gasteiger partial charge in [0.05, 0.1) is 11.6 Å². The van der Waals surface area contributed by atoms with Crippen LogP contribution in [0.25, 0.3) is 10.9 Å². The summed E-state index contributed by atoms with van der Waals surface area (Å²) < 4.78 is 1.05. The minimum Gasteiger partial charge on any atom is -0.384 e. The number of unbranched alkanes of at least 4 members (excludes halogenated alkanes) is 2. The average molecular weight is 304 g/mol. The van der Waals surface area contributed by atoms with E-state index in [1.54, 1.807) is 0 Å². The van der Waals surface area contributed by atoms with E-state index in [-0.39, 0.29) is 0 Å². The number of anilines is 1. The first-order valence-corrected chi connectivity index (χ1v) is 6.75. The SMILES string of the molecule is N#CCCCCNc1ccnc2ccc(Br)cc12. The van der Waals surface area contributed by atoms with E-state index in [2.05, 4.69) is 38.4 Å². The van der Waals surface area contributed by atoms with E-state index in [4.69, 9.17) is 5.26 Å². The van der Waals surface area contributed by atoms with Crippen molar-refractivity contribution in [3.63, 3.8) is 0 Å². The molecule has 0 aliphatic carbocycles. The largest absolute Gasteiger partial charge is 0.384 e. The second-order valence-electron chi connectivity index (χ2n) is 4.06. The van der Waals surface area contributed by atoms with Crippen LogP contribution in [0.15, 0.2) is 34.9 Å². The molecular formula is C14H14BrN3. The molecule has 0 aliphatic heterocycles. The van der Waals surface area contributed by atoms with E-state index in [1.807, 2.05) is 24.4 Å².